The Morgan fingerprint density at radius 2 is 1.84 bits per heavy atom. The Kier molecular flexibility index (Phi) is 4.43. The van der Waals surface area contributed by atoms with Crippen molar-refractivity contribution in [3.63, 3.8) is 0 Å². The van der Waals surface area contributed by atoms with Crippen LogP contribution in [0.25, 0.3) is 0 Å². The van der Waals surface area contributed by atoms with E-state index in [2.05, 4.69) is 43.2 Å². The van der Waals surface area contributed by atoms with E-state index in [9.17, 15) is 4.79 Å². The molecule has 1 heterocycles. The van der Waals surface area contributed by atoms with Crippen molar-refractivity contribution in [3.8, 4) is 0 Å². The molecule has 0 spiro atoms. The Labute approximate surface area is 115 Å². The van der Waals surface area contributed by atoms with Crippen LogP contribution in [0.1, 0.15) is 11.1 Å². The Balaban J connectivity index is 1.84. The lowest BCUT2D eigenvalue weighted by molar-refractivity contribution is -0.130. The molecular weight excluding hydrogens is 238 g/mol. The lowest BCUT2D eigenvalue weighted by atomic mass is 10.1. The zero-order valence-electron chi connectivity index (χ0n) is 12.1. The third kappa shape index (κ3) is 3.70. The molecule has 4 nitrogen and oxygen atoms in total. The number of piperazine rings is 1. The number of anilines is 1. The quantitative estimate of drug-likeness (QED) is 0.895. The first-order chi connectivity index (χ1) is 9.06. The molecule has 0 saturated carbocycles. The summed E-state index contributed by atoms with van der Waals surface area (Å²) in [5, 5.41) is 3.22. The summed E-state index contributed by atoms with van der Waals surface area (Å²) in [5.41, 5.74) is 3.54. The summed E-state index contributed by atoms with van der Waals surface area (Å²) in [6, 6.07) is 6.20. The highest BCUT2D eigenvalue weighted by molar-refractivity contribution is 5.81. The minimum atomic E-state index is 0.186. The van der Waals surface area contributed by atoms with Crippen LogP contribution < -0.4 is 5.32 Å². The van der Waals surface area contributed by atoms with Crippen molar-refractivity contribution in [2.75, 3.05) is 45.1 Å². The van der Waals surface area contributed by atoms with Gasteiger partial charge in [-0.2, -0.15) is 0 Å². The van der Waals surface area contributed by atoms with Gasteiger partial charge in [0.2, 0.25) is 5.91 Å². The maximum absolute atomic E-state index is 12.1. The summed E-state index contributed by atoms with van der Waals surface area (Å²) in [4.78, 5) is 16.3. The highest BCUT2D eigenvalue weighted by atomic mass is 16.2. The van der Waals surface area contributed by atoms with Crippen LogP contribution in [-0.2, 0) is 4.79 Å². The SMILES string of the molecule is Cc1ccc(NCC(=O)N2CCN(C)CC2)cc1C. The molecule has 4 heteroatoms. The van der Waals surface area contributed by atoms with Gasteiger partial charge in [-0.25, -0.2) is 0 Å². The average molecular weight is 261 g/mol. The fourth-order valence-electron chi connectivity index (χ4n) is 2.20. The molecule has 0 bridgehead atoms. The smallest absolute Gasteiger partial charge is 0.241 e. The van der Waals surface area contributed by atoms with E-state index in [1.807, 2.05) is 11.0 Å². The Morgan fingerprint density at radius 1 is 1.16 bits per heavy atom. The van der Waals surface area contributed by atoms with E-state index < -0.39 is 0 Å². The molecule has 0 radical (unpaired) electrons. The topological polar surface area (TPSA) is 35.6 Å². The molecule has 1 saturated heterocycles. The molecule has 1 amide bonds. The van der Waals surface area contributed by atoms with Crippen LogP contribution in [0.3, 0.4) is 0 Å². The molecule has 1 fully saturated rings. The molecule has 0 aliphatic carbocycles. The van der Waals surface area contributed by atoms with Gasteiger partial charge in [-0.3, -0.25) is 4.79 Å². The second-order valence-electron chi connectivity index (χ2n) is 5.34. The molecule has 0 unspecified atom stereocenters. The van der Waals surface area contributed by atoms with E-state index in [1.165, 1.54) is 11.1 Å². The summed E-state index contributed by atoms with van der Waals surface area (Å²) < 4.78 is 0. The monoisotopic (exact) mass is 261 g/mol. The molecule has 1 aromatic rings. The van der Waals surface area contributed by atoms with Crippen molar-refractivity contribution in [1.82, 2.24) is 9.80 Å². The first-order valence-electron chi connectivity index (χ1n) is 6.83. The number of amides is 1. The number of nitrogens with zero attached hydrogens (tertiary/aromatic N) is 2. The van der Waals surface area contributed by atoms with Gasteiger partial charge in [0, 0.05) is 31.9 Å². The molecule has 2 rings (SSSR count). The van der Waals surface area contributed by atoms with Gasteiger partial charge in [0.25, 0.3) is 0 Å². The van der Waals surface area contributed by atoms with E-state index in [0.29, 0.717) is 6.54 Å². The third-order valence-electron chi connectivity index (χ3n) is 3.81. The molecule has 1 N–H and O–H groups in total. The van der Waals surface area contributed by atoms with E-state index >= 15 is 0 Å². The molecule has 19 heavy (non-hydrogen) atoms. The second-order valence-corrected chi connectivity index (χ2v) is 5.34. The standard InChI is InChI=1S/C15H23N3O/c1-12-4-5-14(10-13(12)2)16-11-15(19)18-8-6-17(3)7-9-18/h4-5,10,16H,6-9,11H2,1-3H3. The van der Waals surface area contributed by atoms with Crippen molar-refractivity contribution in [2.45, 2.75) is 13.8 Å². The van der Waals surface area contributed by atoms with Crippen molar-refractivity contribution in [2.24, 2.45) is 0 Å². The van der Waals surface area contributed by atoms with Crippen LogP contribution in [0.15, 0.2) is 18.2 Å². The number of benzene rings is 1. The van der Waals surface area contributed by atoms with Crippen LogP contribution in [-0.4, -0.2) is 55.5 Å². The predicted molar refractivity (Wildman–Crippen MR) is 78.5 cm³/mol. The number of nitrogens with one attached hydrogen (secondary N) is 1. The maximum atomic E-state index is 12.1. The number of hydrogen-bond acceptors (Lipinski definition) is 3. The number of carbonyl (C=O) groups is 1. The number of hydrogen-bond donors (Lipinski definition) is 1. The maximum Gasteiger partial charge on any atom is 0.241 e. The van der Waals surface area contributed by atoms with Crippen molar-refractivity contribution in [1.29, 1.82) is 0 Å². The number of likely N-dealkylation sites (N-methyl/N-ethyl adjacent to an activating group) is 1. The Bertz CT molecular complexity index is 451. The first kappa shape index (κ1) is 13.9. The molecule has 104 valence electrons. The van der Waals surface area contributed by atoms with Gasteiger partial charge in [0.05, 0.1) is 6.54 Å². The molecular formula is C15H23N3O. The summed E-state index contributed by atoms with van der Waals surface area (Å²) >= 11 is 0. The number of rotatable bonds is 3. The van der Waals surface area contributed by atoms with Gasteiger partial charge in [-0.05, 0) is 44.2 Å². The van der Waals surface area contributed by atoms with Gasteiger partial charge in [0.1, 0.15) is 0 Å². The van der Waals surface area contributed by atoms with Crippen molar-refractivity contribution >= 4 is 11.6 Å². The number of aryl methyl sites for hydroxylation is 2. The van der Waals surface area contributed by atoms with Gasteiger partial charge >= 0.3 is 0 Å². The summed E-state index contributed by atoms with van der Waals surface area (Å²) in [6.45, 7) is 8.17. The normalized spacial score (nSPS) is 16.5. The van der Waals surface area contributed by atoms with Crippen LogP contribution >= 0.6 is 0 Å². The van der Waals surface area contributed by atoms with Crippen molar-refractivity contribution in [3.05, 3.63) is 29.3 Å². The van der Waals surface area contributed by atoms with Crippen LogP contribution in [0.4, 0.5) is 5.69 Å². The summed E-state index contributed by atoms with van der Waals surface area (Å²) in [5.74, 6) is 0.186. The van der Waals surface area contributed by atoms with E-state index in [-0.39, 0.29) is 5.91 Å². The van der Waals surface area contributed by atoms with Crippen LogP contribution in [0.2, 0.25) is 0 Å². The predicted octanol–water partition coefficient (Wildman–Crippen LogP) is 1.49. The minimum Gasteiger partial charge on any atom is -0.376 e. The molecule has 0 atom stereocenters. The molecule has 1 aliphatic rings. The fraction of sp³-hybridized carbons (Fsp3) is 0.533. The second kappa shape index (κ2) is 6.06. The zero-order chi connectivity index (χ0) is 13.8. The highest BCUT2D eigenvalue weighted by Gasteiger charge is 2.18. The van der Waals surface area contributed by atoms with E-state index in [4.69, 9.17) is 0 Å². The van der Waals surface area contributed by atoms with Crippen LogP contribution in [0, 0.1) is 13.8 Å². The Hall–Kier alpha value is -1.55. The van der Waals surface area contributed by atoms with Gasteiger partial charge < -0.3 is 15.1 Å². The lowest BCUT2D eigenvalue weighted by Crippen LogP contribution is -2.48. The van der Waals surface area contributed by atoms with Gasteiger partial charge in [-0.15, -0.1) is 0 Å². The minimum absolute atomic E-state index is 0.186. The zero-order valence-corrected chi connectivity index (χ0v) is 12.1. The number of carbonyl (C=O) groups excluding carboxylic acids is 1. The molecule has 1 aromatic carbocycles. The van der Waals surface area contributed by atoms with E-state index in [0.717, 1.165) is 31.9 Å². The fourth-order valence-corrected chi connectivity index (χ4v) is 2.20. The molecule has 1 aliphatic heterocycles. The largest absolute Gasteiger partial charge is 0.376 e. The van der Waals surface area contributed by atoms with Gasteiger partial charge in [-0.1, -0.05) is 6.07 Å². The summed E-state index contributed by atoms with van der Waals surface area (Å²) in [7, 11) is 2.09. The molecule has 0 aromatic heterocycles. The lowest BCUT2D eigenvalue weighted by Gasteiger charge is -2.32. The first-order valence-corrected chi connectivity index (χ1v) is 6.83. The average Bonchev–Trinajstić information content (AvgIpc) is 2.40. The van der Waals surface area contributed by atoms with E-state index in [1.54, 1.807) is 0 Å². The third-order valence-corrected chi connectivity index (χ3v) is 3.81. The van der Waals surface area contributed by atoms with Crippen LogP contribution in [0.5, 0.6) is 0 Å². The van der Waals surface area contributed by atoms with Crippen molar-refractivity contribution < 1.29 is 4.79 Å². The summed E-state index contributed by atoms with van der Waals surface area (Å²) in [6.07, 6.45) is 0. The highest BCUT2D eigenvalue weighted by Crippen LogP contribution is 2.14. The Morgan fingerprint density at radius 3 is 2.47 bits per heavy atom. The van der Waals surface area contributed by atoms with Gasteiger partial charge in [0.15, 0.2) is 0 Å².